The first-order valence-corrected chi connectivity index (χ1v) is 7.40. The lowest BCUT2D eigenvalue weighted by molar-refractivity contribution is -0.123. The van der Waals surface area contributed by atoms with E-state index in [-0.39, 0.29) is 17.9 Å². The van der Waals surface area contributed by atoms with Gasteiger partial charge >= 0.3 is 0 Å². The molecule has 4 heteroatoms. The van der Waals surface area contributed by atoms with E-state index in [0.717, 1.165) is 19.5 Å². The molecule has 1 rings (SSSR count). The van der Waals surface area contributed by atoms with Crippen LogP contribution in [0.25, 0.3) is 0 Å². The van der Waals surface area contributed by atoms with Crippen molar-refractivity contribution in [2.75, 3.05) is 26.2 Å². The molecule has 3 N–H and O–H groups in total. The maximum atomic E-state index is 11.8. The summed E-state index contributed by atoms with van der Waals surface area (Å²) >= 11 is 0. The molecule has 4 nitrogen and oxygen atoms in total. The normalized spacial score (nSPS) is 21.1. The summed E-state index contributed by atoms with van der Waals surface area (Å²) in [5.41, 5.74) is 5.89. The molecule has 0 aromatic heterocycles. The van der Waals surface area contributed by atoms with E-state index in [1.165, 1.54) is 38.8 Å². The Morgan fingerprint density at radius 1 is 1.28 bits per heavy atom. The second-order valence-electron chi connectivity index (χ2n) is 5.46. The van der Waals surface area contributed by atoms with Crippen molar-refractivity contribution in [1.29, 1.82) is 0 Å². The molecule has 1 amide bonds. The Morgan fingerprint density at radius 2 is 1.89 bits per heavy atom. The van der Waals surface area contributed by atoms with E-state index in [1.807, 2.05) is 6.92 Å². The molecule has 1 saturated heterocycles. The molecule has 0 saturated carbocycles. The average molecular weight is 255 g/mol. The van der Waals surface area contributed by atoms with E-state index in [9.17, 15) is 4.79 Å². The molecule has 106 valence electrons. The lowest BCUT2D eigenvalue weighted by Crippen LogP contribution is -2.46. The van der Waals surface area contributed by atoms with Crippen LogP contribution in [-0.2, 0) is 4.79 Å². The highest BCUT2D eigenvalue weighted by atomic mass is 16.2. The number of rotatable bonds is 6. The van der Waals surface area contributed by atoms with Gasteiger partial charge in [-0.3, -0.25) is 4.79 Å². The van der Waals surface area contributed by atoms with Crippen LogP contribution in [0.3, 0.4) is 0 Å². The van der Waals surface area contributed by atoms with Gasteiger partial charge in [-0.1, -0.05) is 33.1 Å². The van der Waals surface area contributed by atoms with Gasteiger partial charge in [-0.15, -0.1) is 0 Å². The van der Waals surface area contributed by atoms with Crippen LogP contribution >= 0.6 is 0 Å². The monoisotopic (exact) mass is 255 g/mol. The number of carbonyl (C=O) groups excluding carboxylic acids is 1. The minimum Gasteiger partial charge on any atom is -0.353 e. The fourth-order valence-electron chi connectivity index (χ4n) is 2.33. The number of hydrogen-bond donors (Lipinski definition) is 2. The highest BCUT2D eigenvalue weighted by Gasteiger charge is 2.19. The SMILES string of the molecule is CCC(C)C(N)C(=O)NCCN1CCCCCC1. The molecule has 0 spiro atoms. The first-order valence-electron chi connectivity index (χ1n) is 7.40. The predicted octanol–water partition coefficient (Wildman–Crippen LogP) is 1.35. The summed E-state index contributed by atoms with van der Waals surface area (Å²) in [6.45, 7) is 8.12. The smallest absolute Gasteiger partial charge is 0.237 e. The van der Waals surface area contributed by atoms with Gasteiger partial charge in [-0.05, 0) is 31.8 Å². The zero-order valence-electron chi connectivity index (χ0n) is 12.0. The Morgan fingerprint density at radius 3 is 2.44 bits per heavy atom. The molecule has 0 aromatic carbocycles. The number of amides is 1. The molecule has 0 bridgehead atoms. The molecule has 1 aliphatic heterocycles. The minimum atomic E-state index is -0.362. The highest BCUT2D eigenvalue weighted by Crippen LogP contribution is 2.09. The number of likely N-dealkylation sites (tertiary alicyclic amines) is 1. The molecule has 2 unspecified atom stereocenters. The first-order chi connectivity index (χ1) is 8.65. The van der Waals surface area contributed by atoms with Gasteiger partial charge in [-0.2, -0.15) is 0 Å². The molecule has 18 heavy (non-hydrogen) atoms. The first kappa shape index (κ1) is 15.4. The molecule has 0 aromatic rings. The lowest BCUT2D eigenvalue weighted by Gasteiger charge is -2.21. The van der Waals surface area contributed by atoms with E-state index >= 15 is 0 Å². The van der Waals surface area contributed by atoms with Gasteiger partial charge in [0.05, 0.1) is 6.04 Å². The maximum absolute atomic E-state index is 11.8. The lowest BCUT2D eigenvalue weighted by atomic mass is 9.99. The van der Waals surface area contributed by atoms with Gasteiger partial charge in [0, 0.05) is 13.1 Å². The van der Waals surface area contributed by atoms with Gasteiger partial charge < -0.3 is 16.0 Å². The van der Waals surface area contributed by atoms with Crippen molar-refractivity contribution >= 4 is 5.91 Å². The summed E-state index contributed by atoms with van der Waals surface area (Å²) in [5.74, 6) is 0.252. The second-order valence-corrected chi connectivity index (χ2v) is 5.46. The number of nitrogens with one attached hydrogen (secondary N) is 1. The van der Waals surface area contributed by atoms with Crippen LogP contribution in [0.1, 0.15) is 46.0 Å². The Bertz CT molecular complexity index is 237. The van der Waals surface area contributed by atoms with Crippen LogP contribution in [0.4, 0.5) is 0 Å². The van der Waals surface area contributed by atoms with Crippen molar-refractivity contribution in [3.63, 3.8) is 0 Å². The van der Waals surface area contributed by atoms with E-state index in [0.29, 0.717) is 0 Å². The molecule has 0 aliphatic carbocycles. The molecule has 2 atom stereocenters. The molecular weight excluding hydrogens is 226 g/mol. The summed E-state index contributed by atoms with van der Waals surface area (Å²) in [7, 11) is 0. The fraction of sp³-hybridized carbons (Fsp3) is 0.929. The third-order valence-corrected chi connectivity index (χ3v) is 3.99. The number of hydrogen-bond acceptors (Lipinski definition) is 3. The zero-order chi connectivity index (χ0) is 13.4. The van der Waals surface area contributed by atoms with Crippen LogP contribution in [0.5, 0.6) is 0 Å². The van der Waals surface area contributed by atoms with Gasteiger partial charge in [0.2, 0.25) is 5.91 Å². The summed E-state index contributed by atoms with van der Waals surface area (Å²) in [5, 5.41) is 2.96. The van der Waals surface area contributed by atoms with E-state index < -0.39 is 0 Å². The average Bonchev–Trinajstić information content (AvgIpc) is 2.65. The van der Waals surface area contributed by atoms with Crippen LogP contribution in [0.2, 0.25) is 0 Å². The van der Waals surface area contributed by atoms with Crippen LogP contribution in [0, 0.1) is 5.92 Å². The molecular formula is C14H29N3O. The van der Waals surface area contributed by atoms with Crippen LogP contribution < -0.4 is 11.1 Å². The highest BCUT2D eigenvalue weighted by molar-refractivity contribution is 5.81. The molecule has 1 heterocycles. The van der Waals surface area contributed by atoms with Crippen molar-refractivity contribution in [2.24, 2.45) is 11.7 Å². The van der Waals surface area contributed by atoms with Crippen molar-refractivity contribution in [3.8, 4) is 0 Å². The molecule has 1 fully saturated rings. The topological polar surface area (TPSA) is 58.4 Å². The standard InChI is InChI=1S/C14H29N3O/c1-3-12(2)13(15)14(18)16-8-11-17-9-6-4-5-7-10-17/h12-13H,3-11,15H2,1-2H3,(H,16,18). The summed E-state index contributed by atoms with van der Waals surface area (Å²) in [6, 6.07) is -0.362. The van der Waals surface area contributed by atoms with E-state index in [4.69, 9.17) is 5.73 Å². The van der Waals surface area contributed by atoms with Crippen LogP contribution in [-0.4, -0.2) is 43.0 Å². The van der Waals surface area contributed by atoms with Crippen molar-refractivity contribution in [3.05, 3.63) is 0 Å². The minimum absolute atomic E-state index is 0.000767. The summed E-state index contributed by atoms with van der Waals surface area (Å²) in [4.78, 5) is 14.2. The maximum Gasteiger partial charge on any atom is 0.237 e. The molecule has 1 aliphatic rings. The van der Waals surface area contributed by atoms with Gasteiger partial charge in [-0.25, -0.2) is 0 Å². The van der Waals surface area contributed by atoms with Gasteiger partial charge in [0.25, 0.3) is 0 Å². The number of carbonyl (C=O) groups is 1. The van der Waals surface area contributed by atoms with Gasteiger partial charge in [0.1, 0.15) is 0 Å². The van der Waals surface area contributed by atoms with Crippen molar-refractivity contribution < 1.29 is 4.79 Å². The third kappa shape index (κ3) is 5.36. The molecule has 0 radical (unpaired) electrons. The van der Waals surface area contributed by atoms with Crippen LogP contribution in [0.15, 0.2) is 0 Å². The van der Waals surface area contributed by atoms with Gasteiger partial charge in [0.15, 0.2) is 0 Å². The Kier molecular flexibility index (Phi) is 7.28. The largest absolute Gasteiger partial charge is 0.353 e. The van der Waals surface area contributed by atoms with Crippen molar-refractivity contribution in [1.82, 2.24) is 10.2 Å². The number of nitrogens with two attached hydrogens (primary N) is 1. The summed E-state index contributed by atoms with van der Waals surface area (Å²) in [6.07, 6.45) is 6.23. The van der Waals surface area contributed by atoms with E-state index in [1.54, 1.807) is 0 Å². The predicted molar refractivity (Wildman–Crippen MR) is 75.3 cm³/mol. The Hall–Kier alpha value is -0.610. The van der Waals surface area contributed by atoms with E-state index in [2.05, 4.69) is 17.1 Å². The zero-order valence-corrected chi connectivity index (χ0v) is 12.0. The Balaban J connectivity index is 2.18. The fourth-order valence-corrected chi connectivity index (χ4v) is 2.33. The number of nitrogens with zero attached hydrogens (tertiary/aromatic N) is 1. The summed E-state index contributed by atoms with van der Waals surface area (Å²) < 4.78 is 0. The second kappa shape index (κ2) is 8.48. The quantitative estimate of drug-likeness (QED) is 0.753. The third-order valence-electron chi connectivity index (χ3n) is 3.99. The Labute approximate surface area is 111 Å². The van der Waals surface area contributed by atoms with Crippen molar-refractivity contribution in [2.45, 2.75) is 52.0 Å².